The molecule has 1 aromatic heterocycles. The van der Waals surface area contributed by atoms with E-state index < -0.39 is 5.97 Å². The van der Waals surface area contributed by atoms with E-state index in [9.17, 15) is 4.79 Å². The maximum Gasteiger partial charge on any atom is 0.313 e. The lowest BCUT2D eigenvalue weighted by atomic mass is 9.99. The normalized spacial score (nSPS) is 17.4. The highest BCUT2D eigenvalue weighted by atomic mass is 32.2. The number of thioether (sulfide) groups is 1. The topological polar surface area (TPSA) is 68.0 Å². The molecule has 0 atom stereocenters. The van der Waals surface area contributed by atoms with Crippen molar-refractivity contribution >= 4 is 17.7 Å². The fraction of sp³-hybridized carbons (Fsp3) is 0.786. The molecule has 20 heavy (non-hydrogen) atoms. The highest BCUT2D eigenvalue weighted by Gasteiger charge is 2.24. The number of hydrogen-bond donors (Lipinski definition) is 1. The van der Waals surface area contributed by atoms with Crippen molar-refractivity contribution in [3.63, 3.8) is 0 Å². The third kappa shape index (κ3) is 3.75. The zero-order valence-electron chi connectivity index (χ0n) is 12.2. The summed E-state index contributed by atoms with van der Waals surface area (Å²) in [5.74, 6) is 0.751. The number of rotatable bonds is 5. The molecule has 112 valence electrons. The van der Waals surface area contributed by atoms with E-state index in [1.54, 1.807) is 0 Å². The molecule has 1 N–H and O–H groups in total. The largest absolute Gasteiger partial charge is 0.481 e. The van der Waals surface area contributed by atoms with Crippen LogP contribution in [0.5, 0.6) is 0 Å². The van der Waals surface area contributed by atoms with Crippen molar-refractivity contribution < 1.29 is 9.90 Å². The van der Waals surface area contributed by atoms with Gasteiger partial charge < -0.3 is 9.67 Å². The maximum atomic E-state index is 10.7. The molecule has 0 aromatic carbocycles. The number of nitrogens with zero attached hydrogens (tertiary/aromatic N) is 3. The minimum atomic E-state index is -0.815. The van der Waals surface area contributed by atoms with Crippen LogP contribution in [0, 0.1) is 0 Å². The first-order valence-corrected chi connectivity index (χ1v) is 8.37. The van der Waals surface area contributed by atoms with E-state index in [1.165, 1.54) is 50.3 Å². The zero-order chi connectivity index (χ0) is 14.5. The lowest BCUT2D eigenvalue weighted by molar-refractivity contribution is -0.133. The van der Waals surface area contributed by atoms with E-state index in [4.69, 9.17) is 5.11 Å². The minimum Gasteiger partial charge on any atom is -0.481 e. The molecule has 0 bridgehead atoms. The number of aliphatic carboxylic acids is 1. The van der Waals surface area contributed by atoms with Crippen LogP contribution in [0.1, 0.15) is 70.2 Å². The monoisotopic (exact) mass is 297 g/mol. The molecule has 0 unspecified atom stereocenters. The second-order valence-corrected chi connectivity index (χ2v) is 6.62. The van der Waals surface area contributed by atoms with Crippen molar-refractivity contribution in [2.45, 2.75) is 69.5 Å². The summed E-state index contributed by atoms with van der Waals surface area (Å²) in [4.78, 5) is 10.7. The van der Waals surface area contributed by atoms with E-state index in [1.807, 2.05) is 0 Å². The van der Waals surface area contributed by atoms with Gasteiger partial charge in [-0.05, 0) is 26.7 Å². The second-order valence-electron chi connectivity index (χ2n) is 5.68. The van der Waals surface area contributed by atoms with Gasteiger partial charge in [0.15, 0.2) is 5.16 Å². The molecule has 0 radical (unpaired) electrons. The summed E-state index contributed by atoms with van der Waals surface area (Å²) in [6, 6.07) is 0.263. The molecule has 0 aliphatic heterocycles. The SMILES string of the molecule is CC(C)n1c(SCC(=O)O)nnc1C1CCCCCC1. The van der Waals surface area contributed by atoms with E-state index in [0.29, 0.717) is 5.92 Å². The fourth-order valence-electron chi connectivity index (χ4n) is 2.81. The maximum absolute atomic E-state index is 10.7. The Morgan fingerprint density at radius 3 is 2.50 bits per heavy atom. The standard InChI is InChI=1S/C14H23N3O2S/c1-10(2)17-13(11-7-5-3-4-6-8-11)15-16-14(17)20-9-12(18)19/h10-11H,3-9H2,1-2H3,(H,18,19). The van der Waals surface area contributed by atoms with Gasteiger partial charge in [0.1, 0.15) is 5.82 Å². The van der Waals surface area contributed by atoms with Crippen LogP contribution in [0.15, 0.2) is 5.16 Å². The second kappa shape index (κ2) is 7.11. The average molecular weight is 297 g/mol. The molecule has 1 aliphatic rings. The zero-order valence-corrected chi connectivity index (χ0v) is 13.0. The van der Waals surface area contributed by atoms with Gasteiger partial charge in [-0.2, -0.15) is 0 Å². The van der Waals surface area contributed by atoms with Crippen molar-refractivity contribution in [1.82, 2.24) is 14.8 Å². The number of aromatic nitrogens is 3. The third-order valence-corrected chi connectivity index (χ3v) is 4.68. The van der Waals surface area contributed by atoms with Crippen LogP contribution >= 0.6 is 11.8 Å². The number of carboxylic acid groups (broad SMARTS) is 1. The summed E-state index contributed by atoms with van der Waals surface area (Å²) in [5.41, 5.74) is 0. The van der Waals surface area contributed by atoms with Crippen LogP contribution in [-0.4, -0.2) is 31.6 Å². The van der Waals surface area contributed by atoms with Crippen LogP contribution < -0.4 is 0 Å². The highest BCUT2D eigenvalue weighted by molar-refractivity contribution is 7.99. The molecule has 0 spiro atoms. The van der Waals surface area contributed by atoms with Gasteiger partial charge in [0, 0.05) is 12.0 Å². The molecule has 1 aromatic rings. The highest BCUT2D eigenvalue weighted by Crippen LogP contribution is 2.33. The van der Waals surface area contributed by atoms with Crippen LogP contribution in [0.3, 0.4) is 0 Å². The summed E-state index contributed by atoms with van der Waals surface area (Å²) < 4.78 is 2.13. The summed E-state index contributed by atoms with van der Waals surface area (Å²) in [6.45, 7) is 4.21. The lowest BCUT2D eigenvalue weighted by Gasteiger charge is -2.18. The van der Waals surface area contributed by atoms with Crippen LogP contribution in [-0.2, 0) is 4.79 Å². The van der Waals surface area contributed by atoms with Gasteiger partial charge in [0.05, 0.1) is 5.75 Å². The smallest absolute Gasteiger partial charge is 0.313 e. The summed E-state index contributed by atoms with van der Waals surface area (Å²) in [5, 5.41) is 18.2. The van der Waals surface area contributed by atoms with Gasteiger partial charge in [-0.25, -0.2) is 0 Å². The van der Waals surface area contributed by atoms with Gasteiger partial charge >= 0.3 is 5.97 Å². The van der Waals surface area contributed by atoms with Gasteiger partial charge in [0.25, 0.3) is 0 Å². The van der Waals surface area contributed by atoms with Crippen molar-refractivity contribution in [2.75, 3.05) is 5.75 Å². The summed E-state index contributed by atoms with van der Waals surface area (Å²) >= 11 is 1.26. The lowest BCUT2D eigenvalue weighted by Crippen LogP contribution is -2.12. The molecule has 0 saturated heterocycles. The van der Waals surface area contributed by atoms with Crippen molar-refractivity contribution in [3.05, 3.63) is 5.82 Å². The predicted octanol–water partition coefficient (Wildman–Crippen LogP) is 3.47. The van der Waals surface area contributed by atoms with E-state index in [0.717, 1.165) is 11.0 Å². The van der Waals surface area contributed by atoms with E-state index in [2.05, 4.69) is 28.6 Å². The van der Waals surface area contributed by atoms with Crippen LogP contribution in [0.4, 0.5) is 0 Å². The Morgan fingerprint density at radius 1 is 1.30 bits per heavy atom. The molecule has 1 saturated carbocycles. The molecule has 1 heterocycles. The molecule has 1 aliphatic carbocycles. The molecule has 2 rings (SSSR count). The Bertz CT molecular complexity index is 451. The van der Waals surface area contributed by atoms with Crippen molar-refractivity contribution in [1.29, 1.82) is 0 Å². The molecular formula is C14H23N3O2S. The average Bonchev–Trinajstić information content (AvgIpc) is 2.63. The van der Waals surface area contributed by atoms with Gasteiger partial charge in [-0.3, -0.25) is 4.79 Å². The van der Waals surface area contributed by atoms with E-state index >= 15 is 0 Å². The summed E-state index contributed by atoms with van der Waals surface area (Å²) in [6.07, 6.45) is 7.49. The fourth-order valence-corrected chi connectivity index (χ4v) is 3.61. The first-order chi connectivity index (χ1) is 9.59. The number of hydrogen-bond acceptors (Lipinski definition) is 4. The van der Waals surface area contributed by atoms with Crippen LogP contribution in [0.25, 0.3) is 0 Å². The number of carbonyl (C=O) groups is 1. The first kappa shape index (κ1) is 15.4. The van der Waals surface area contributed by atoms with Gasteiger partial charge in [-0.1, -0.05) is 37.4 Å². The Hall–Kier alpha value is -1.04. The van der Waals surface area contributed by atoms with Crippen molar-refractivity contribution in [2.24, 2.45) is 0 Å². The minimum absolute atomic E-state index is 0.0372. The molecule has 1 fully saturated rings. The Balaban J connectivity index is 2.21. The van der Waals surface area contributed by atoms with Gasteiger partial charge in [-0.15, -0.1) is 10.2 Å². The first-order valence-electron chi connectivity index (χ1n) is 7.39. The Morgan fingerprint density at radius 2 is 1.95 bits per heavy atom. The molecule has 5 nitrogen and oxygen atoms in total. The van der Waals surface area contributed by atoms with E-state index in [-0.39, 0.29) is 11.8 Å². The van der Waals surface area contributed by atoms with Crippen LogP contribution in [0.2, 0.25) is 0 Å². The van der Waals surface area contributed by atoms with Gasteiger partial charge in [0.2, 0.25) is 0 Å². The quantitative estimate of drug-likeness (QED) is 0.665. The number of carboxylic acids is 1. The predicted molar refractivity (Wildman–Crippen MR) is 79.2 cm³/mol. The molecular weight excluding hydrogens is 274 g/mol. The summed E-state index contributed by atoms with van der Waals surface area (Å²) in [7, 11) is 0. The Labute approximate surface area is 124 Å². The molecule has 0 amide bonds. The van der Waals surface area contributed by atoms with Crippen molar-refractivity contribution in [3.8, 4) is 0 Å². The third-order valence-electron chi connectivity index (χ3n) is 3.75. The Kier molecular flexibility index (Phi) is 5.46. The molecule has 6 heteroatoms.